The van der Waals surface area contributed by atoms with Crippen LogP contribution in [0.5, 0.6) is 5.88 Å². The topological polar surface area (TPSA) is 65.2 Å². The van der Waals surface area contributed by atoms with Gasteiger partial charge >= 0.3 is 0 Å². The molecule has 0 aliphatic heterocycles. The lowest BCUT2D eigenvalue weighted by atomic mass is 10.3. The average molecular weight is 259 g/mol. The van der Waals surface area contributed by atoms with E-state index >= 15 is 0 Å². The van der Waals surface area contributed by atoms with Gasteiger partial charge in [-0.1, -0.05) is 0 Å². The molecule has 0 aliphatic rings. The van der Waals surface area contributed by atoms with Crippen molar-refractivity contribution in [3.8, 4) is 5.88 Å². The first-order valence-corrected chi connectivity index (χ1v) is 4.92. The highest BCUT2D eigenvalue weighted by Crippen LogP contribution is 2.23. The van der Waals surface area contributed by atoms with Gasteiger partial charge in [-0.05, 0) is 35.8 Å². The summed E-state index contributed by atoms with van der Waals surface area (Å²) in [6.07, 6.45) is 1.43. The zero-order valence-electron chi connectivity index (χ0n) is 7.95. The maximum Gasteiger partial charge on any atom is 0.250 e. The Balaban J connectivity index is 2.95. The number of carbonyl (C=O) groups is 1. The highest BCUT2D eigenvalue weighted by atomic mass is 79.9. The number of carbonyl (C=O) groups excluding carboxylic acids is 1. The molecule has 0 saturated heterocycles. The Morgan fingerprint density at radius 2 is 2.29 bits per heavy atom. The number of pyridine rings is 1. The van der Waals surface area contributed by atoms with Crippen LogP contribution in [0.1, 0.15) is 24.2 Å². The molecule has 2 N–H and O–H groups in total. The van der Waals surface area contributed by atoms with Crippen LogP contribution in [-0.2, 0) is 0 Å². The lowest BCUT2D eigenvalue weighted by Gasteiger charge is -2.10. The molecule has 1 amide bonds. The molecule has 14 heavy (non-hydrogen) atoms. The van der Waals surface area contributed by atoms with Gasteiger partial charge in [-0.25, -0.2) is 4.98 Å². The second-order valence-corrected chi connectivity index (χ2v) is 3.90. The van der Waals surface area contributed by atoms with E-state index in [9.17, 15) is 4.79 Å². The Morgan fingerprint density at radius 1 is 1.64 bits per heavy atom. The summed E-state index contributed by atoms with van der Waals surface area (Å²) >= 11 is 3.25. The van der Waals surface area contributed by atoms with Crippen LogP contribution in [-0.4, -0.2) is 17.0 Å². The third-order valence-electron chi connectivity index (χ3n) is 1.44. The van der Waals surface area contributed by atoms with Gasteiger partial charge in [-0.3, -0.25) is 4.79 Å². The first-order chi connectivity index (χ1) is 6.50. The third-order valence-corrected chi connectivity index (χ3v) is 2.01. The van der Waals surface area contributed by atoms with Crippen LogP contribution in [0.3, 0.4) is 0 Å². The molecule has 0 saturated carbocycles. The van der Waals surface area contributed by atoms with Crippen LogP contribution in [0.15, 0.2) is 16.7 Å². The fourth-order valence-corrected chi connectivity index (χ4v) is 1.31. The maximum atomic E-state index is 10.8. The second kappa shape index (κ2) is 4.41. The fraction of sp³-hybridized carbons (Fsp3) is 0.333. The number of amides is 1. The summed E-state index contributed by atoms with van der Waals surface area (Å²) < 4.78 is 6.00. The van der Waals surface area contributed by atoms with Crippen molar-refractivity contribution in [2.45, 2.75) is 20.0 Å². The quantitative estimate of drug-likeness (QED) is 0.898. The number of hydrogen-bond acceptors (Lipinski definition) is 3. The van der Waals surface area contributed by atoms with Gasteiger partial charge in [0, 0.05) is 6.20 Å². The number of nitrogens with zero attached hydrogens (tertiary/aromatic N) is 1. The molecule has 0 atom stereocenters. The molecule has 5 heteroatoms. The summed E-state index contributed by atoms with van der Waals surface area (Å²) in [6.45, 7) is 3.80. The molecule has 1 heterocycles. The molecule has 0 aliphatic carbocycles. The molecule has 1 aromatic rings. The maximum absolute atomic E-state index is 10.8. The molecule has 76 valence electrons. The number of aromatic nitrogens is 1. The van der Waals surface area contributed by atoms with Crippen LogP contribution in [0.25, 0.3) is 0 Å². The van der Waals surface area contributed by atoms with Crippen molar-refractivity contribution in [2.75, 3.05) is 0 Å². The van der Waals surface area contributed by atoms with Crippen molar-refractivity contribution < 1.29 is 9.53 Å². The minimum Gasteiger partial charge on any atom is -0.474 e. The fourth-order valence-electron chi connectivity index (χ4n) is 0.870. The Labute approximate surface area is 90.6 Å². The first-order valence-electron chi connectivity index (χ1n) is 4.12. The summed E-state index contributed by atoms with van der Waals surface area (Å²) in [4.78, 5) is 14.8. The van der Waals surface area contributed by atoms with Gasteiger partial charge in [0.05, 0.1) is 16.1 Å². The van der Waals surface area contributed by atoms with Crippen molar-refractivity contribution in [1.82, 2.24) is 4.98 Å². The normalized spacial score (nSPS) is 10.3. The summed E-state index contributed by atoms with van der Waals surface area (Å²) in [5, 5.41) is 0. The molecule has 0 spiro atoms. The molecule has 4 nitrogen and oxygen atoms in total. The summed E-state index contributed by atoms with van der Waals surface area (Å²) in [6, 6.07) is 1.59. The van der Waals surface area contributed by atoms with E-state index in [0.29, 0.717) is 15.9 Å². The van der Waals surface area contributed by atoms with Gasteiger partial charge in [0.25, 0.3) is 0 Å². The third kappa shape index (κ3) is 2.70. The number of hydrogen-bond donors (Lipinski definition) is 1. The van der Waals surface area contributed by atoms with Crippen LogP contribution in [0.2, 0.25) is 0 Å². The summed E-state index contributed by atoms with van der Waals surface area (Å²) in [5.74, 6) is -0.0423. The monoisotopic (exact) mass is 258 g/mol. The molecular formula is C9H11BrN2O2. The molecule has 1 aromatic heterocycles. The molecule has 0 fully saturated rings. The zero-order valence-corrected chi connectivity index (χ0v) is 9.54. The molecule has 0 radical (unpaired) electrons. The van der Waals surface area contributed by atoms with Crippen LogP contribution in [0, 0.1) is 0 Å². The first kappa shape index (κ1) is 11.0. The highest BCUT2D eigenvalue weighted by Gasteiger charge is 2.08. The smallest absolute Gasteiger partial charge is 0.250 e. The zero-order chi connectivity index (χ0) is 10.7. The molecule has 0 unspecified atom stereocenters. The Morgan fingerprint density at radius 3 is 2.71 bits per heavy atom. The Hall–Kier alpha value is -1.10. The van der Waals surface area contributed by atoms with Crippen LogP contribution < -0.4 is 10.5 Å². The second-order valence-electron chi connectivity index (χ2n) is 3.04. The van der Waals surface area contributed by atoms with Crippen molar-refractivity contribution >= 4 is 21.8 Å². The van der Waals surface area contributed by atoms with Crippen LogP contribution in [0.4, 0.5) is 0 Å². The van der Waals surface area contributed by atoms with E-state index in [1.54, 1.807) is 6.07 Å². The van der Waals surface area contributed by atoms with E-state index in [0.717, 1.165) is 0 Å². The van der Waals surface area contributed by atoms with E-state index in [-0.39, 0.29) is 6.10 Å². The van der Waals surface area contributed by atoms with Gasteiger partial charge in [0.2, 0.25) is 11.8 Å². The lowest BCUT2D eigenvalue weighted by molar-refractivity contribution is 0.1000. The summed E-state index contributed by atoms with van der Waals surface area (Å²) in [5.41, 5.74) is 5.45. The van der Waals surface area contributed by atoms with Gasteiger partial charge in [-0.15, -0.1) is 0 Å². The average Bonchev–Trinajstić information content (AvgIpc) is 2.07. The molecule has 1 rings (SSSR count). The SMILES string of the molecule is CC(C)Oc1ncc(C(N)=O)cc1Br. The van der Waals surface area contributed by atoms with Gasteiger partial charge < -0.3 is 10.5 Å². The van der Waals surface area contributed by atoms with Crippen molar-refractivity contribution in [3.05, 3.63) is 22.3 Å². The minimum atomic E-state index is -0.505. The van der Waals surface area contributed by atoms with Gasteiger partial charge in [0.1, 0.15) is 0 Å². The van der Waals surface area contributed by atoms with E-state index in [4.69, 9.17) is 10.5 Å². The Bertz CT molecular complexity index is 353. The largest absolute Gasteiger partial charge is 0.474 e. The molecule has 0 aromatic carbocycles. The van der Waals surface area contributed by atoms with E-state index in [1.165, 1.54) is 6.20 Å². The number of primary amides is 1. The highest BCUT2D eigenvalue weighted by molar-refractivity contribution is 9.10. The number of nitrogens with two attached hydrogens (primary N) is 1. The van der Waals surface area contributed by atoms with Crippen molar-refractivity contribution in [3.63, 3.8) is 0 Å². The molecule has 0 bridgehead atoms. The van der Waals surface area contributed by atoms with Crippen molar-refractivity contribution in [1.29, 1.82) is 0 Å². The summed E-state index contributed by atoms with van der Waals surface area (Å²) in [7, 11) is 0. The van der Waals surface area contributed by atoms with E-state index in [1.807, 2.05) is 13.8 Å². The lowest BCUT2D eigenvalue weighted by Crippen LogP contribution is -2.12. The Kier molecular flexibility index (Phi) is 3.46. The van der Waals surface area contributed by atoms with E-state index < -0.39 is 5.91 Å². The number of halogens is 1. The van der Waals surface area contributed by atoms with Crippen LogP contribution >= 0.6 is 15.9 Å². The number of rotatable bonds is 3. The van der Waals surface area contributed by atoms with Crippen molar-refractivity contribution in [2.24, 2.45) is 5.73 Å². The standard InChI is InChI=1S/C9H11BrN2O2/c1-5(2)14-9-7(10)3-6(4-12-9)8(11)13/h3-5H,1-2H3,(H2,11,13). The predicted molar refractivity (Wildman–Crippen MR) is 56.2 cm³/mol. The predicted octanol–water partition coefficient (Wildman–Crippen LogP) is 1.73. The molecular weight excluding hydrogens is 248 g/mol. The minimum absolute atomic E-state index is 0.0400. The van der Waals surface area contributed by atoms with Gasteiger partial charge in [-0.2, -0.15) is 0 Å². The van der Waals surface area contributed by atoms with Gasteiger partial charge in [0.15, 0.2) is 0 Å². The van der Waals surface area contributed by atoms with E-state index in [2.05, 4.69) is 20.9 Å². The number of ether oxygens (including phenoxy) is 1.